The van der Waals surface area contributed by atoms with Crippen molar-refractivity contribution >= 4 is 22.6 Å². The summed E-state index contributed by atoms with van der Waals surface area (Å²) in [5.41, 5.74) is 0. The van der Waals surface area contributed by atoms with Crippen LogP contribution >= 0.6 is 11.5 Å². The highest BCUT2D eigenvalue weighted by Gasteiger charge is 2.16. The van der Waals surface area contributed by atoms with E-state index in [4.69, 9.17) is 5.11 Å². The second kappa shape index (κ2) is 7.21. The average molecular weight is 257 g/mol. The van der Waals surface area contributed by atoms with Crippen LogP contribution in [0, 0.1) is 5.92 Å². The van der Waals surface area contributed by atoms with Crippen LogP contribution in [-0.2, 0) is 11.2 Å². The molecule has 1 rings (SSSR count). The van der Waals surface area contributed by atoms with Gasteiger partial charge in [0.1, 0.15) is 5.82 Å². The van der Waals surface area contributed by atoms with Crippen molar-refractivity contribution in [2.45, 2.75) is 39.5 Å². The van der Waals surface area contributed by atoms with E-state index in [-0.39, 0.29) is 5.92 Å². The van der Waals surface area contributed by atoms with Crippen LogP contribution in [0.1, 0.15) is 38.9 Å². The van der Waals surface area contributed by atoms with E-state index >= 15 is 0 Å². The van der Waals surface area contributed by atoms with Crippen LogP contribution in [0.5, 0.6) is 0 Å². The standard InChI is InChI=1S/C11H19N3O2S/c1-3-5-8(10(15)16)7-12-11-13-9(6-4-2)14-17-11/h8H,3-7H2,1-2H3,(H,15,16)(H,12,13,14). The average Bonchev–Trinajstić information content (AvgIpc) is 2.72. The minimum absolute atomic E-state index is 0.349. The molecule has 1 aromatic heterocycles. The van der Waals surface area contributed by atoms with E-state index in [0.717, 1.165) is 30.2 Å². The fourth-order valence-corrected chi connectivity index (χ4v) is 2.14. The topological polar surface area (TPSA) is 75.1 Å². The number of nitrogens with zero attached hydrogens (tertiary/aromatic N) is 2. The second-order valence-corrected chi connectivity index (χ2v) is 4.72. The summed E-state index contributed by atoms with van der Waals surface area (Å²) in [5, 5.41) is 12.8. The zero-order chi connectivity index (χ0) is 12.7. The van der Waals surface area contributed by atoms with Crippen molar-refractivity contribution in [2.24, 2.45) is 5.92 Å². The fourth-order valence-electron chi connectivity index (χ4n) is 1.52. The molecule has 0 aliphatic rings. The highest BCUT2D eigenvalue weighted by molar-refractivity contribution is 7.09. The van der Waals surface area contributed by atoms with E-state index in [1.165, 1.54) is 11.5 Å². The van der Waals surface area contributed by atoms with Crippen LogP contribution in [0.4, 0.5) is 5.13 Å². The summed E-state index contributed by atoms with van der Waals surface area (Å²) in [7, 11) is 0. The molecular weight excluding hydrogens is 238 g/mol. The zero-order valence-electron chi connectivity index (χ0n) is 10.3. The smallest absolute Gasteiger partial charge is 0.308 e. The predicted molar refractivity (Wildman–Crippen MR) is 68.4 cm³/mol. The number of rotatable bonds is 8. The lowest BCUT2D eigenvalue weighted by Gasteiger charge is -2.10. The predicted octanol–water partition coefficient (Wildman–Crippen LogP) is 2.40. The molecule has 96 valence electrons. The molecule has 1 unspecified atom stereocenters. The number of carboxylic acids is 1. The quantitative estimate of drug-likeness (QED) is 0.748. The summed E-state index contributed by atoms with van der Waals surface area (Å²) in [6.45, 7) is 4.49. The van der Waals surface area contributed by atoms with E-state index in [1.54, 1.807) is 0 Å². The Hall–Kier alpha value is -1.17. The first kappa shape index (κ1) is 13.9. The van der Waals surface area contributed by atoms with Gasteiger partial charge in [-0.3, -0.25) is 4.79 Å². The van der Waals surface area contributed by atoms with Crippen LogP contribution in [-0.4, -0.2) is 27.0 Å². The lowest BCUT2D eigenvalue weighted by Crippen LogP contribution is -2.22. The number of carbonyl (C=O) groups is 1. The maximum atomic E-state index is 10.9. The molecule has 0 aromatic carbocycles. The monoisotopic (exact) mass is 257 g/mol. The van der Waals surface area contributed by atoms with Gasteiger partial charge in [-0.25, -0.2) is 4.98 Å². The van der Waals surface area contributed by atoms with Gasteiger partial charge in [0, 0.05) is 24.5 Å². The molecule has 0 aliphatic carbocycles. The first-order chi connectivity index (χ1) is 8.17. The summed E-state index contributed by atoms with van der Waals surface area (Å²) in [5.74, 6) is -0.265. The Morgan fingerprint density at radius 2 is 2.24 bits per heavy atom. The second-order valence-electron chi connectivity index (χ2n) is 3.97. The van der Waals surface area contributed by atoms with Crippen LogP contribution in [0.3, 0.4) is 0 Å². The van der Waals surface area contributed by atoms with Crippen LogP contribution in [0.25, 0.3) is 0 Å². The van der Waals surface area contributed by atoms with Gasteiger partial charge in [-0.1, -0.05) is 20.3 Å². The first-order valence-corrected chi connectivity index (χ1v) is 6.74. The van der Waals surface area contributed by atoms with Gasteiger partial charge in [-0.15, -0.1) is 0 Å². The molecule has 5 nitrogen and oxygen atoms in total. The maximum Gasteiger partial charge on any atom is 0.308 e. The molecule has 17 heavy (non-hydrogen) atoms. The third-order valence-corrected chi connectivity index (χ3v) is 3.14. The Labute approximate surface area is 105 Å². The number of nitrogens with one attached hydrogen (secondary N) is 1. The van der Waals surface area contributed by atoms with Gasteiger partial charge >= 0.3 is 5.97 Å². The number of aliphatic carboxylic acids is 1. The van der Waals surface area contributed by atoms with Crippen molar-refractivity contribution in [3.8, 4) is 0 Å². The number of anilines is 1. The molecule has 0 saturated heterocycles. The molecule has 0 saturated carbocycles. The summed E-state index contributed by atoms with van der Waals surface area (Å²) < 4.78 is 4.20. The van der Waals surface area contributed by atoms with Crippen molar-refractivity contribution in [1.82, 2.24) is 9.36 Å². The van der Waals surface area contributed by atoms with Crippen molar-refractivity contribution in [2.75, 3.05) is 11.9 Å². The van der Waals surface area contributed by atoms with Crippen molar-refractivity contribution in [3.05, 3.63) is 5.82 Å². The summed E-state index contributed by atoms with van der Waals surface area (Å²) in [4.78, 5) is 15.2. The number of carboxylic acid groups (broad SMARTS) is 1. The molecule has 6 heteroatoms. The van der Waals surface area contributed by atoms with Gasteiger partial charge in [0.2, 0.25) is 5.13 Å². The number of aryl methyl sites for hydroxylation is 1. The molecule has 0 aliphatic heterocycles. The summed E-state index contributed by atoms with van der Waals surface area (Å²) in [6, 6.07) is 0. The van der Waals surface area contributed by atoms with Gasteiger partial charge in [0.15, 0.2) is 0 Å². The molecule has 1 aromatic rings. The molecule has 0 radical (unpaired) electrons. The Kier molecular flexibility index (Phi) is 5.90. The number of aromatic nitrogens is 2. The molecule has 1 atom stereocenters. The Balaban J connectivity index is 2.44. The largest absolute Gasteiger partial charge is 0.481 e. The number of hydrogen-bond acceptors (Lipinski definition) is 5. The van der Waals surface area contributed by atoms with Crippen LogP contribution in [0.2, 0.25) is 0 Å². The molecule has 2 N–H and O–H groups in total. The van der Waals surface area contributed by atoms with Gasteiger partial charge in [0.05, 0.1) is 5.92 Å². The molecule has 0 spiro atoms. The van der Waals surface area contributed by atoms with Gasteiger partial charge < -0.3 is 10.4 Å². The van der Waals surface area contributed by atoms with Crippen molar-refractivity contribution in [1.29, 1.82) is 0 Å². The normalized spacial score (nSPS) is 12.4. The molecule has 0 fully saturated rings. The lowest BCUT2D eigenvalue weighted by molar-refractivity contribution is -0.141. The molecule has 0 amide bonds. The van der Waals surface area contributed by atoms with Crippen molar-refractivity contribution < 1.29 is 9.90 Å². The third-order valence-electron chi connectivity index (χ3n) is 2.43. The minimum Gasteiger partial charge on any atom is -0.481 e. The zero-order valence-corrected chi connectivity index (χ0v) is 11.1. The molecular formula is C11H19N3O2S. The maximum absolute atomic E-state index is 10.9. The summed E-state index contributed by atoms with van der Waals surface area (Å²) >= 11 is 1.30. The number of hydrogen-bond donors (Lipinski definition) is 2. The highest BCUT2D eigenvalue weighted by Crippen LogP contribution is 2.14. The SMILES string of the molecule is CCCc1nsc(NCC(CCC)C(=O)O)n1. The van der Waals surface area contributed by atoms with E-state index in [1.807, 2.05) is 6.92 Å². The summed E-state index contributed by atoms with van der Waals surface area (Å²) in [6.07, 6.45) is 3.44. The van der Waals surface area contributed by atoms with Crippen molar-refractivity contribution in [3.63, 3.8) is 0 Å². The third kappa shape index (κ3) is 4.68. The lowest BCUT2D eigenvalue weighted by atomic mass is 10.0. The van der Waals surface area contributed by atoms with Crippen LogP contribution in [0.15, 0.2) is 0 Å². The van der Waals surface area contributed by atoms with Gasteiger partial charge in [-0.2, -0.15) is 4.37 Å². The van der Waals surface area contributed by atoms with Crippen LogP contribution < -0.4 is 5.32 Å². The Bertz CT molecular complexity index is 354. The Morgan fingerprint density at radius 1 is 1.47 bits per heavy atom. The van der Waals surface area contributed by atoms with E-state index in [2.05, 4.69) is 21.6 Å². The minimum atomic E-state index is -0.752. The Morgan fingerprint density at radius 3 is 2.82 bits per heavy atom. The highest BCUT2D eigenvalue weighted by atomic mass is 32.1. The van der Waals surface area contributed by atoms with E-state index in [0.29, 0.717) is 13.0 Å². The van der Waals surface area contributed by atoms with Gasteiger partial charge in [-0.05, 0) is 12.8 Å². The van der Waals surface area contributed by atoms with E-state index in [9.17, 15) is 4.79 Å². The molecule has 1 heterocycles. The first-order valence-electron chi connectivity index (χ1n) is 5.96. The molecule has 0 bridgehead atoms. The van der Waals surface area contributed by atoms with E-state index < -0.39 is 5.97 Å². The fraction of sp³-hybridized carbons (Fsp3) is 0.727. The van der Waals surface area contributed by atoms with Gasteiger partial charge in [0.25, 0.3) is 0 Å².